The van der Waals surface area contributed by atoms with Crippen LogP contribution in [0.4, 0.5) is 4.79 Å². The number of hydrogen-bond donors (Lipinski definition) is 1. The van der Waals surface area contributed by atoms with Gasteiger partial charge in [-0.25, -0.2) is 4.79 Å². The molecule has 0 heterocycles. The lowest BCUT2D eigenvalue weighted by Gasteiger charge is -2.28. The smallest absolute Gasteiger partial charge is 0.317 e. The number of carbonyl (C=O) groups is 1. The third-order valence-corrected chi connectivity index (χ3v) is 3.12. The molecule has 0 aromatic carbocycles. The van der Waals surface area contributed by atoms with Crippen LogP contribution in [-0.4, -0.2) is 29.6 Å². The third kappa shape index (κ3) is 4.03. The Labute approximate surface area is 98.6 Å². The van der Waals surface area contributed by atoms with Crippen LogP contribution >= 0.6 is 0 Å². The van der Waals surface area contributed by atoms with E-state index in [0.29, 0.717) is 0 Å². The van der Waals surface area contributed by atoms with Gasteiger partial charge in [-0.15, -0.1) is 0 Å². The van der Waals surface area contributed by atoms with E-state index in [1.54, 1.807) is 0 Å². The highest BCUT2D eigenvalue weighted by Gasteiger charge is 2.32. The molecule has 3 heteroatoms. The molecule has 0 unspecified atom stereocenters. The van der Waals surface area contributed by atoms with Crippen LogP contribution in [0.25, 0.3) is 0 Å². The minimum Gasteiger partial charge on any atom is -0.333 e. The van der Waals surface area contributed by atoms with Gasteiger partial charge < -0.3 is 10.2 Å². The lowest BCUT2D eigenvalue weighted by molar-refractivity contribution is 0.183. The fraction of sp³-hybridized carbons (Fsp3) is 0.923. The van der Waals surface area contributed by atoms with Crippen LogP contribution in [0.2, 0.25) is 0 Å². The molecule has 0 spiro atoms. The van der Waals surface area contributed by atoms with Gasteiger partial charge in [-0.05, 0) is 58.3 Å². The first-order valence-electron chi connectivity index (χ1n) is 6.51. The molecule has 3 nitrogen and oxygen atoms in total. The fourth-order valence-electron chi connectivity index (χ4n) is 1.86. The van der Waals surface area contributed by atoms with Crippen LogP contribution in [0.5, 0.6) is 0 Å². The monoisotopic (exact) mass is 224 g/mol. The van der Waals surface area contributed by atoms with Gasteiger partial charge in [-0.2, -0.15) is 0 Å². The molecule has 0 aromatic rings. The highest BCUT2D eigenvalue weighted by molar-refractivity contribution is 5.75. The van der Waals surface area contributed by atoms with Crippen LogP contribution in [0.3, 0.4) is 0 Å². The summed E-state index contributed by atoms with van der Waals surface area (Å²) in [6.07, 6.45) is 5.24. The lowest BCUT2D eigenvalue weighted by atomic mass is 10.1. The number of carbonyl (C=O) groups excluding carboxylic acids is 1. The number of nitrogens with zero attached hydrogens (tertiary/aromatic N) is 1. The Morgan fingerprint density at radius 3 is 1.88 bits per heavy atom. The molecule has 2 aliphatic carbocycles. The predicted molar refractivity (Wildman–Crippen MR) is 65.3 cm³/mol. The van der Waals surface area contributed by atoms with Gasteiger partial charge in [0.25, 0.3) is 0 Å². The maximum absolute atomic E-state index is 12.1. The number of nitrogens with one attached hydrogen (secondary N) is 1. The van der Waals surface area contributed by atoms with E-state index in [1.807, 2.05) is 25.7 Å². The molecule has 0 atom stereocenters. The Hall–Kier alpha value is -0.730. The van der Waals surface area contributed by atoms with E-state index < -0.39 is 0 Å². The molecule has 0 bridgehead atoms. The molecular formula is C13H24N2O. The number of amides is 2. The summed E-state index contributed by atoms with van der Waals surface area (Å²) in [7, 11) is 0. The maximum Gasteiger partial charge on any atom is 0.317 e. The summed E-state index contributed by atoms with van der Waals surface area (Å²) in [5.74, 6) is 1.56. The van der Waals surface area contributed by atoms with Crippen molar-refractivity contribution in [2.45, 2.75) is 52.0 Å². The summed E-state index contributed by atoms with van der Waals surface area (Å²) < 4.78 is 0. The van der Waals surface area contributed by atoms with Crippen LogP contribution in [0.15, 0.2) is 0 Å². The van der Waals surface area contributed by atoms with E-state index in [9.17, 15) is 4.79 Å². The van der Waals surface area contributed by atoms with Crippen LogP contribution in [0, 0.1) is 11.8 Å². The van der Waals surface area contributed by atoms with Crippen molar-refractivity contribution in [1.29, 1.82) is 0 Å². The van der Waals surface area contributed by atoms with Crippen molar-refractivity contribution in [3.63, 3.8) is 0 Å². The normalized spacial score (nSPS) is 20.7. The first-order valence-corrected chi connectivity index (χ1v) is 6.51. The van der Waals surface area contributed by atoms with Crippen molar-refractivity contribution in [1.82, 2.24) is 10.2 Å². The summed E-state index contributed by atoms with van der Waals surface area (Å²) in [6.45, 7) is 8.06. The molecule has 2 fully saturated rings. The number of rotatable bonds is 4. The molecule has 2 aliphatic rings. The Kier molecular flexibility index (Phi) is 3.13. The molecule has 2 amide bonds. The van der Waals surface area contributed by atoms with Gasteiger partial charge >= 0.3 is 6.03 Å². The van der Waals surface area contributed by atoms with E-state index >= 15 is 0 Å². The molecule has 0 radical (unpaired) electrons. The van der Waals surface area contributed by atoms with Crippen LogP contribution < -0.4 is 5.32 Å². The Bertz CT molecular complexity index is 248. The van der Waals surface area contributed by atoms with Crippen molar-refractivity contribution < 1.29 is 4.79 Å². The third-order valence-electron chi connectivity index (χ3n) is 3.12. The molecule has 0 aliphatic heterocycles. The van der Waals surface area contributed by atoms with Gasteiger partial charge in [-0.3, -0.25) is 0 Å². The summed E-state index contributed by atoms with van der Waals surface area (Å²) >= 11 is 0. The summed E-state index contributed by atoms with van der Waals surface area (Å²) in [5, 5.41) is 3.07. The van der Waals surface area contributed by atoms with Crippen molar-refractivity contribution >= 4 is 6.03 Å². The van der Waals surface area contributed by atoms with E-state index in [4.69, 9.17) is 0 Å². The Morgan fingerprint density at radius 2 is 1.56 bits per heavy atom. The first kappa shape index (κ1) is 11.7. The number of hydrogen-bond acceptors (Lipinski definition) is 1. The SMILES string of the molecule is CC(C)(C)NC(=O)N(CC1CC1)CC1CC1. The maximum atomic E-state index is 12.1. The standard InChI is InChI=1S/C13H24N2O/c1-13(2,3)14-12(16)15(8-10-4-5-10)9-11-6-7-11/h10-11H,4-9H2,1-3H3,(H,14,16). The Balaban J connectivity index is 1.84. The highest BCUT2D eigenvalue weighted by atomic mass is 16.2. The summed E-state index contributed by atoms with van der Waals surface area (Å²) in [4.78, 5) is 14.1. The molecule has 2 rings (SSSR count). The van der Waals surface area contributed by atoms with Crippen molar-refractivity contribution in [3.05, 3.63) is 0 Å². The number of urea groups is 1. The van der Waals surface area contributed by atoms with Crippen LogP contribution in [-0.2, 0) is 0 Å². The fourth-order valence-corrected chi connectivity index (χ4v) is 1.86. The first-order chi connectivity index (χ1) is 7.44. The van der Waals surface area contributed by atoms with Crippen molar-refractivity contribution in [2.24, 2.45) is 11.8 Å². The van der Waals surface area contributed by atoms with Gasteiger partial charge in [0.15, 0.2) is 0 Å². The van der Waals surface area contributed by atoms with Crippen LogP contribution in [0.1, 0.15) is 46.5 Å². The second kappa shape index (κ2) is 4.27. The van der Waals surface area contributed by atoms with Gasteiger partial charge in [0.1, 0.15) is 0 Å². The van der Waals surface area contributed by atoms with E-state index in [2.05, 4.69) is 5.32 Å². The molecular weight excluding hydrogens is 200 g/mol. The second-order valence-electron chi connectivity index (χ2n) is 6.47. The zero-order chi connectivity index (χ0) is 11.8. The zero-order valence-electron chi connectivity index (χ0n) is 10.8. The average Bonchev–Trinajstić information content (AvgIpc) is 2.92. The van der Waals surface area contributed by atoms with Gasteiger partial charge in [0, 0.05) is 18.6 Å². The van der Waals surface area contributed by atoms with E-state index in [1.165, 1.54) is 25.7 Å². The minimum atomic E-state index is -0.123. The van der Waals surface area contributed by atoms with Crippen molar-refractivity contribution in [2.75, 3.05) is 13.1 Å². The summed E-state index contributed by atoms with van der Waals surface area (Å²) in [6, 6.07) is 0.131. The molecule has 0 aromatic heterocycles. The minimum absolute atomic E-state index is 0.123. The van der Waals surface area contributed by atoms with Gasteiger partial charge in [0.2, 0.25) is 0 Å². The molecule has 0 saturated heterocycles. The topological polar surface area (TPSA) is 32.3 Å². The van der Waals surface area contributed by atoms with E-state index in [0.717, 1.165) is 24.9 Å². The highest BCUT2D eigenvalue weighted by Crippen LogP contribution is 2.33. The second-order valence-corrected chi connectivity index (χ2v) is 6.47. The average molecular weight is 224 g/mol. The largest absolute Gasteiger partial charge is 0.333 e. The predicted octanol–water partition coefficient (Wildman–Crippen LogP) is 2.62. The summed E-state index contributed by atoms with van der Waals surface area (Å²) in [5.41, 5.74) is -0.123. The molecule has 1 N–H and O–H groups in total. The van der Waals surface area contributed by atoms with E-state index in [-0.39, 0.29) is 11.6 Å². The van der Waals surface area contributed by atoms with Gasteiger partial charge in [0.05, 0.1) is 0 Å². The lowest BCUT2D eigenvalue weighted by Crippen LogP contribution is -2.49. The van der Waals surface area contributed by atoms with Crippen molar-refractivity contribution in [3.8, 4) is 0 Å². The zero-order valence-corrected chi connectivity index (χ0v) is 10.8. The van der Waals surface area contributed by atoms with Gasteiger partial charge in [-0.1, -0.05) is 0 Å². The molecule has 16 heavy (non-hydrogen) atoms. The quantitative estimate of drug-likeness (QED) is 0.782. The Morgan fingerprint density at radius 1 is 1.12 bits per heavy atom. The molecule has 2 saturated carbocycles. The molecule has 92 valence electrons.